The molecule has 1 fully saturated rings. The first-order chi connectivity index (χ1) is 6.20. The van der Waals surface area contributed by atoms with Gasteiger partial charge in [-0.25, -0.2) is 0 Å². The van der Waals surface area contributed by atoms with Gasteiger partial charge in [0.15, 0.2) is 5.11 Å². The molecule has 74 valence electrons. The van der Waals surface area contributed by atoms with Gasteiger partial charge in [-0.3, -0.25) is 9.69 Å². The monoisotopic (exact) mass is 200 g/mol. The number of thiocarbonyl (C=S) groups is 1. The van der Waals surface area contributed by atoms with Crippen LogP contribution in [-0.2, 0) is 4.79 Å². The summed E-state index contributed by atoms with van der Waals surface area (Å²) in [4.78, 5) is 15.1. The second-order valence-electron chi connectivity index (χ2n) is 3.20. The maximum absolute atomic E-state index is 11.5. The largest absolute Gasteiger partial charge is 0.340 e. The summed E-state index contributed by atoms with van der Waals surface area (Å²) in [5.74, 6) is 0.153. The summed E-state index contributed by atoms with van der Waals surface area (Å²) in [7, 11) is 0. The van der Waals surface area contributed by atoms with Crippen molar-refractivity contribution in [1.82, 2.24) is 9.80 Å². The highest BCUT2D eigenvalue weighted by Gasteiger charge is 2.30. The highest BCUT2D eigenvalue weighted by Crippen LogP contribution is 2.10. The zero-order valence-electron chi connectivity index (χ0n) is 8.25. The van der Waals surface area contributed by atoms with E-state index in [0.29, 0.717) is 11.7 Å². The van der Waals surface area contributed by atoms with E-state index in [0.717, 1.165) is 25.9 Å². The van der Waals surface area contributed by atoms with Crippen molar-refractivity contribution in [1.29, 1.82) is 0 Å². The van der Waals surface area contributed by atoms with Crippen molar-refractivity contribution in [2.75, 3.05) is 19.6 Å². The third-order valence-electron chi connectivity index (χ3n) is 2.25. The molecule has 0 spiro atoms. The summed E-state index contributed by atoms with van der Waals surface area (Å²) < 4.78 is 0. The molecule has 0 N–H and O–H groups in total. The van der Waals surface area contributed by atoms with Crippen LogP contribution in [0.25, 0.3) is 0 Å². The highest BCUT2D eigenvalue weighted by atomic mass is 32.1. The van der Waals surface area contributed by atoms with Crippen molar-refractivity contribution in [3.63, 3.8) is 0 Å². The van der Waals surface area contributed by atoms with E-state index in [2.05, 4.69) is 6.92 Å². The number of likely N-dealkylation sites (N-methyl/N-ethyl adjacent to an activating group) is 1. The van der Waals surface area contributed by atoms with Crippen molar-refractivity contribution in [2.24, 2.45) is 0 Å². The minimum absolute atomic E-state index is 0.153. The highest BCUT2D eigenvalue weighted by molar-refractivity contribution is 7.80. The molecule has 0 radical (unpaired) electrons. The van der Waals surface area contributed by atoms with E-state index in [1.165, 1.54) is 0 Å². The second kappa shape index (κ2) is 4.56. The maximum Gasteiger partial charge on any atom is 0.248 e. The lowest BCUT2D eigenvalue weighted by Gasteiger charge is -2.18. The number of nitrogens with zero attached hydrogens (tertiary/aromatic N) is 2. The van der Waals surface area contributed by atoms with E-state index in [1.807, 2.05) is 11.8 Å². The molecule has 1 saturated heterocycles. The number of amides is 1. The quantitative estimate of drug-likeness (QED) is 0.638. The molecule has 0 aromatic carbocycles. The van der Waals surface area contributed by atoms with Crippen LogP contribution in [0.5, 0.6) is 0 Å². The first-order valence-corrected chi connectivity index (χ1v) is 5.20. The number of carbonyl (C=O) groups is 1. The summed E-state index contributed by atoms with van der Waals surface area (Å²) in [6, 6.07) is 0. The van der Waals surface area contributed by atoms with E-state index < -0.39 is 0 Å². The predicted molar refractivity (Wildman–Crippen MR) is 56.5 cm³/mol. The van der Waals surface area contributed by atoms with Crippen LogP contribution in [-0.4, -0.2) is 40.5 Å². The molecule has 0 aliphatic carbocycles. The van der Waals surface area contributed by atoms with Gasteiger partial charge in [0.1, 0.15) is 0 Å². The van der Waals surface area contributed by atoms with Crippen LogP contribution in [0, 0.1) is 0 Å². The normalized spacial score (nSPS) is 17.4. The second-order valence-corrected chi connectivity index (χ2v) is 3.56. The molecule has 1 amide bonds. The van der Waals surface area contributed by atoms with Gasteiger partial charge >= 0.3 is 0 Å². The zero-order chi connectivity index (χ0) is 9.84. The Bertz CT molecular complexity index is 218. The van der Waals surface area contributed by atoms with Gasteiger partial charge in [-0.1, -0.05) is 13.3 Å². The molecule has 0 aromatic rings. The Labute approximate surface area is 84.7 Å². The van der Waals surface area contributed by atoms with Crippen LogP contribution in [0.1, 0.15) is 26.7 Å². The topological polar surface area (TPSA) is 23.6 Å². The van der Waals surface area contributed by atoms with Gasteiger partial charge in [0.2, 0.25) is 5.91 Å². The number of hydrogen-bond donors (Lipinski definition) is 0. The fourth-order valence-electron chi connectivity index (χ4n) is 1.38. The molecule has 3 nitrogen and oxygen atoms in total. The summed E-state index contributed by atoms with van der Waals surface area (Å²) in [6.07, 6.45) is 2.13. The van der Waals surface area contributed by atoms with Gasteiger partial charge in [-0.2, -0.15) is 0 Å². The smallest absolute Gasteiger partial charge is 0.248 e. The van der Waals surface area contributed by atoms with Crippen LogP contribution in [0.15, 0.2) is 0 Å². The number of rotatable bonds is 4. The number of carbonyl (C=O) groups excluding carboxylic acids is 1. The summed E-state index contributed by atoms with van der Waals surface area (Å²) in [5.41, 5.74) is 0. The third-order valence-corrected chi connectivity index (χ3v) is 2.72. The van der Waals surface area contributed by atoms with E-state index in [9.17, 15) is 4.79 Å². The van der Waals surface area contributed by atoms with Crippen LogP contribution in [0.3, 0.4) is 0 Å². The molecule has 1 aliphatic heterocycles. The minimum Gasteiger partial charge on any atom is -0.340 e. The fraction of sp³-hybridized carbons (Fsp3) is 0.778. The molecule has 0 atom stereocenters. The first-order valence-electron chi connectivity index (χ1n) is 4.80. The average molecular weight is 200 g/mol. The van der Waals surface area contributed by atoms with Crippen LogP contribution in [0.2, 0.25) is 0 Å². The van der Waals surface area contributed by atoms with Crippen molar-refractivity contribution >= 4 is 23.2 Å². The Balaban J connectivity index is 2.54. The van der Waals surface area contributed by atoms with Gasteiger partial charge in [0, 0.05) is 13.1 Å². The van der Waals surface area contributed by atoms with Gasteiger partial charge < -0.3 is 4.90 Å². The lowest BCUT2D eigenvalue weighted by Crippen LogP contribution is -2.33. The van der Waals surface area contributed by atoms with Gasteiger partial charge in [0.25, 0.3) is 0 Å². The summed E-state index contributed by atoms with van der Waals surface area (Å²) in [5, 5.41) is 0.709. The van der Waals surface area contributed by atoms with Crippen LogP contribution < -0.4 is 0 Å². The summed E-state index contributed by atoms with van der Waals surface area (Å²) in [6.45, 7) is 6.21. The molecule has 0 aromatic heterocycles. The van der Waals surface area contributed by atoms with Crippen LogP contribution in [0.4, 0.5) is 0 Å². The molecule has 0 saturated carbocycles. The molecular formula is C9H16N2OS. The molecular weight excluding hydrogens is 184 g/mol. The van der Waals surface area contributed by atoms with Crippen molar-refractivity contribution in [3.05, 3.63) is 0 Å². The molecule has 0 bridgehead atoms. The SMILES string of the molecule is CCCCN1C(=O)CN(CC)C1=S. The average Bonchev–Trinajstić information content (AvgIpc) is 2.39. The number of hydrogen-bond acceptors (Lipinski definition) is 2. The van der Waals surface area contributed by atoms with Gasteiger partial charge in [-0.15, -0.1) is 0 Å². The lowest BCUT2D eigenvalue weighted by molar-refractivity contribution is -0.125. The Morgan fingerprint density at radius 3 is 2.62 bits per heavy atom. The van der Waals surface area contributed by atoms with Crippen LogP contribution >= 0.6 is 12.2 Å². The lowest BCUT2D eigenvalue weighted by atomic mass is 10.3. The summed E-state index contributed by atoms with van der Waals surface area (Å²) >= 11 is 5.18. The standard InChI is InChI=1S/C9H16N2OS/c1-3-5-6-11-8(12)7-10(4-2)9(11)13/h3-7H2,1-2H3. The van der Waals surface area contributed by atoms with Crippen molar-refractivity contribution in [3.8, 4) is 0 Å². The molecule has 1 aliphatic rings. The Morgan fingerprint density at radius 1 is 1.46 bits per heavy atom. The fourth-order valence-corrected chi connectivity index (χ4v) is 1.76. The van der Waals surface area contributed by atoms with E-state index in [-0.39, 0.29) is 5.91 Å². The molecule has 1 heterocycles. The first kappa shape index (κ1) is 10.4. The van der Waals surface area contributed by atoms with Gasteiger partial charge in [-0.05, 0) is 25.6 Å². The van der Waals surface area contributed by atoms with Crippen molar-refractivity contribution in [2.45, 2.75) is 26.7 Å². The Kier molecular flexibility index (Phi) is 3.66. The van der Waals surface area contributed by atoms with E-state index in [1.54, 1.807) is 4.90 Å². The van der Waals surface area contributed by atoms with E-state index >= 15 is 0 Å². The number of unbranched alkanes of at least 4 members (excludes halogenated alkanes) is 1. The molecule has 13 heavy (non-hydrogen) atoms. The Morgan fingerprint density at radius 2 is 2.15 bits per heavy atom. The minimum atomic E-state index is 0.153. The molecule has 1 rings (SSSR count). The molecule has 0 unspecified atom stereocenters. The van der Waals surface area contributed by atoms with E-state index in [4.69, 9.17) is 12.2 Å². The Hall–Kier alpha value is -0.640. The van der Waals surface area contributed by atoms with Crippen molar-refractivity contribution < 1.29 is 4.79 Å². The third kappa shape index (κ3) is 2.18. The molecule has 4 heteroatoms. The predicted octanol–water partition coefficient (Wildman–Crippen LogP) is 1.24. The zero-order valence-corrected chi connectivity index (χ0v) is 9.06. The maximum atomic E-state index is 11.5. The van der Waals surface area contributed by atoms with Gasteiger partial charge in [0.05, 0.1) is 6.54 Å².